The van der Waals surface area contributed by atoms with Crippen LogP contribution in [-0.4, -0.2) is 55.0 Å². The van der Waals surface area contributed by atoms with Gasteiger partial charge in [-0.3, -0.25) is 9.59 Å². The summed E-state index contributed by atoms with van der Waals surface area (Å²) in [5.74, 6) is -1.35. The highest BCUT2D eigenvalue weighted by molar-refractivity contribution is 5.94. The van der Waals surface area contributed by atoms with Gasteiger partial charge in [-0.25, -0.2) is 9.48 Å². The predicted molar refractivity (Wildman–Crippen MR) is 99.5 cm³/mol. The van der Waals surface area contributed by atoms with Crippen molar-refractivity contribution in [2.45, 2.75) is 51.0 Å². The Kier molecular flexibility index (Phi) is 4.97. The van der Waals surface area contributed by atoms with Crippen LogP contribution in [0.1, 0.15) is 70.2 Å². The molecule has 28 heavy (non-hydrogen) atoms. The maximum atomic E-state index is 12.9. The van der Waals surface area contributed by atoms with Gasteiger partial charge in [0.15, 0.2) is 5.69 Å². The number of piperidine rings is 1. The molecule has 1 saturated heterocycles. The monoisotopic (exact) mass is 385 g/mol. The number of hydrogen-bond donors (Lipinski definition) is 2. The van der Waals surface area contributed by atoms with Gasteiger partial charge in [0, 0.05) is 18.8 Å². The smallest absolute Gasteiger partial charge is 0.358 e. The van der Waals surface area contributed by atoms with E-state index in [1.807, 2.05) is 0 Å². The van der Waals surface area contributed by atoms with Gasteiger partial charge in [0.2, 0.25) is 0 Å². The number of aromatic carboxylic acids is 1. The number of carboxylic acids is 1. The summed E-state index contributed by atoms with van der Waals surface area (Å²) in [4.78, 5) is 40.9. The van der Waals surface area contributed by atoms with E-state index in [0.29, 0.717) is 25.9 Å². The fourth-order valence-electron chi connectivity index (χ4n) is 4.07. The molecule has 1 aliphatic heterocycles. The van der Waals surface area contributed by atoms with E-state index in [9.17, 15) is 14.4 Å². The van der Waals surface area contributed by atoms with E-state index in [-0.39, 0.29) is 28.8 Å². The van der Waals surface area contributed by atoms with Crippen LogP contribution < -0.4 is 5.56 Å². The van der Waals surface area contributed by atoms with Crippen LogP contribution in [0.2, 0.25) is 0 Å². The number of amides is 1. The summed E-state index contributed by atoms with van der Waals surface area (Å²) in [7, 11) is 0. The van der Waals surface area contributed by atoms with E-state index in [1.54, 1.807) is 15.6 Å². The Labute approximate surface area is 161 Å². The second-order valence-corrected chi connectivity index (χ2v) is 7.49. The van der Waals surface area contributed by atoms with Crippen LogP contribution in [0.25, 0.3) is 0 Å². The molecule has 2 aromatic heterocycles. The van der Waals surface area contributed by atoms with Gasteiger partial charge in [-0.15, -0.1) is 5.10 Å². The van der Waals surface area contributed by atoms with Gasteiger partial charge in [-0.2, -0.15) is 0 Å². The number of carboxylic acid groups (broad SMARTS) is 1. The van der Waals surface area contributed by atoms with Gasteiger partial charge >= 0.3 is 5.97 Å². The van der Waals surface area contributed by atoms with Crippen LogP contribution in [0, 0.1) is 0 Å². The summed E-state index contributed by atoms with van der Waals surface area (Å²) >= 11 is 0. The zero-order valence-electron chi connectivity index (χ0n) is 15.6. The molecule has 2 aromatic rings. The number of carbonyl (C=O) groups excluding carboxylic acids is 1. The molecule has 0 bridgehead atoms. The van der Waals surface area contributed by atoms with E-state index in [0.717, 1.165) is 43.4 Å². The van der Waals surface area contributed by atoms with Crippen LogP contribution in [-0.2, 0) is 12.8 Å². The number of rotatable bonds is 3. The Hall–Kier alpha value is -2.97. The van der Waals surface area contributed by atoms with Crippen molar-refractivity contribution < 1.29 is 14.7 Å². The first-order valence-corrected chi connectivity index (χ1v) is 9.72. The molecule has 3 heterocycles. The molecule has 0 saturated carbocycles. The summed E-state index contributed by atoms with van der Waals surface area (Å²) in [6, 6.07) is 1.78. The molecule has 0 atom stereocenters. The van der Waals surface area contributed by atoms with Crippen LogP contribution in [0.3, 0.4) is 0 Å². The second-order valence-electron chi connectivity index (χ2n) is 7.49. The average molecular weight is 385 g/mol. The Morgan fingerprint density at radius 2 is 1.89 bits per heavy atom. The Bertz CT molecular complexity index is 955. The number of aryl methyl sites for hydroxylation is 2. The van der Waals surface area contributed by atoms with Gasteiger partial charge in [0.05, 0.1) is 12.2 Å². The van der Waals surface area contributed by atoms with Crippen LogP contribution in [0.4, 0.5) is 0 Å². The fourth-order valence-corrected chi connectivity index (χ4v) is 4.07. The number of aromatic nitrogens is 4. The largest absolute Gasteiger partial charge is 0.476 e. The van der Waals surface area contributed by atoms with E-state index in [2.05, 4.69) is 15.3 Å². The minimum Gasteiger partial charge on any atom is -0.476 e. The molecule has 0 radical (unpaired) electrons. The lowest BCUT2D eigenvalue weighted by atomic mass is 10.0. The first-order valence-electron chi connectivity index (χ1n) is 9.72. The number of nitrogens with one attached hydrogen (secondary N) is 1. The highest BCUT2D eigenvalue weighted by Gasteiger charge is 2.28. The molecule has 0 aromatic carbocycles. The SMILES string of the molecule is O=C(O)c1cn(C2CCN(C(=O)c3cc4c([nH]c3=O)CCCCC4)CC2)nn1. The highest BCUT2D eigenvalue weighted by atomic mass is 16.4. The third-order valence-corrected chi connectivity index (χ3v) is 5.67. The number of pyridine rings is 1. The summed E-state index contributed by atoms with van der Waals surface area (Å²) < 4.78 is 1.56. The van der Waals surface area contributed by atoms with Crippen molar-refractivity contribution in [3.63, 3.8) is 0 Å². The molecular weight excluding hydrogens is 362 g/mol. The topological polar surface area (TPSA) is 121 Å². The molecule has 9 nitrogen and oxygen atoms in total. The summed E-state index contributed by atoms with van der Waals surface area (Å²) in [6.07, 6.45) is 7.73. The number of H-pyrrole nitrogens is 1. The van der Waals surface area contributed by atoms with Crippen molar-refractivity contribution in [2.75, 3.05) is 13.1 Å². The number of hydrogen-bond acceptors (Lipinski definition) is 5. The minimum atomic E-state index is -1.11. The Morgan fingerprint density at radius 1 is 1.14 bits per heavy atom. The third kappa shape index (κ3) is 3.56. The number of nitrogens with zero attached hydrogens (tertiary/aromatic N) is 4. The summed E-state index contributed by atoms with van der Waals surface area (Å²) in [5.41, 5.74) is 1.87. The average Bonchev–Trinajstić information content (AvgIpc) is 3.09. The van der Waals surface area contributed by atoms with Gasteiger partial charge in [-0.05, 0) is 50.2 Å². The maximum absolute atomic E-state index is 12.9. The maximum Gasteiger partial charge on any atom is 0.358 e. The number of likely N-dealkylation sites (tertiary alicyclic amines) is 1. The first-order chi connectivity index (χ1) is 13.5. The van der Waals surface area contributed by atoms with Crippen molar-refractivity contribution in [3.8, 4) is 0 Å². The van der Waals surface area contributed by atoms with Crippen molar-refractivity contribution in [3.05, 3.63) is 45.1 Å². The second kappa shape index (κ2) is 7.57. The quantitative estimate of drug-likeness (QED) is 0.771. The standard InChI is InChI=1S/C19H23N5O4/c25-17-14(10-12-4-2-1-3-5-15(12)20-17)18(26)23-8-6-13(7-9-23)24-11-16(19(27)28)21-22-24/h10-11,13H,1-9H2,(H,20,25)(H,27,28). The zero-order valence-corrected chi connectivity index (χ0v) is 15.6. The highest BCUT2D eigenvalue weighted by Crippen LogP contribution is 2.24. The Balaban J connectivity index is 1.46. The zero-order chi connectivity index (χ0) is 19.7. The lowest BCUT2D eigenvalue weighted by Crippen LogP contribution is -2.41. The van der Waals surface area contributed by atoms with Crippen molar-refractivity contribution in [1.82, 2.24) is 24.9 Å². The van der Waals surface area contributed by atoms with E-state index < -0.39 is 5.97 Å². The van der Waals surface area contributed by atoms with Crippen molar-refractivity contribution >= 4 is 11.9 Å². The molecule has 9 heteroatoms. The molecule has 148 valence electrons. The molecule has 2 N–H and O–H groups in total. The third-order valence-electron chi connectivity index (χ3n) is 5.67. The van der Waals surface area contributed by atoms with E-state index >= 15 is 0 Å². The molecule has 2 aliphatic rings. The molecule has 1 aliphatic carbocycles. The number of aromatic amines is 1. The predicted octanol–water partition coefficient (Wildman–Crippen LogP) is 1.41. The van der Waals surface area contributed by atoms with Gasteiger partial charge in [-0.1, -0.05) is 11.6 Å². The van der Waals surface area contributed by atoms with E-state index in [1.165, 1.54) is 6.20 Å². The minimum absolute atomic E-state index is 0.00465. The van der Waals surface area contributed by atoms with Gasteiger partial charge in [0.1, 0.15) is 5.56 Å². The Morgan fingerprint density at radius 3 is 2.61 bits per heavy atom. The van der Waals surface area contributed by atoms with Gasteiger partial charge in [0.25, 0.3) is 11.5 Å². The van der Waals surface area contributed by atoms with Crippen LogP contribution in [0.15, 0.2) is 17.1 Å². The van der Waals surface area contributed by atoms with Crippen LogP contribution in [0.5, 0.6) is 0 Å². The molecule has 0 unspecified atom stereocenters. The van der Waals surface area contributed by atoms with Crippen molar-refractivity contribution in [2.24, 2.45) is 0 Å². The molecular formula is C19H23N5O4. The van der Waals surface area contributed by atoms with Crippen molar-refractivity contribution in [1.29, 1.82) is 0 Å². The first kappa shape index (κ1) is 18.4. The normalized spacial score (nSPS) is 17.8. The fraction of sp³-hybridized carbons (Fsp3) is 0.526. The lowest BCUT2D eigenvalue weighted by molar-refractivity contribution is 0.0682. The number of carbonyl (C=O) groups is 2. The molecule has 4 rings (SSSR count). The molecule has 0 spiro atoms. The summed E-state index contributed by atoms with van der Waals surface area (Å²) in [6.45, 7) is 0.977. The molecule has 1 fully saturated rings. The molecule has 1 amide bonds. The number of fused-ring (bicyclic) bond motifs is 1. The lowest BCUT2D eigenvalue weighted by Gasteiger charge is -2.31. The summed E-state index contributed by atoms with van der Waals surface area (Å²) in [5, 5.41) is 16.5. The van der Waals surface area contributed by atoms with Crippen LogP contribution >= 0.6 is 0 Å². The van der Waals surface area contributed by atoms with E-state index in [4.69, 9.17) is 5.11 Å². The van der Waals surface area contributed by atoms with Gasteiger partial charge < -0.3 is 15.0 Å².